The molecular weight excluding hydrogens is 481 g/mol. The highest BCUT2D eigenvalue weighted by molar-refractivity contribution is 5.85. The number of pyridine rings is 1. The van der Waals surface area contributed by atoms with Gasteiger partial charge in [0.15, 0.2) is 5.82 Å². The maximum Gasteiger partial charge on any atom is 0.253 e. The molecule has 2 fully saturated rings. The van der Waals surface area contributed by atoms with Gasteiger partial charge in [-0.3, -0.25) is 9.69 Å². The first-order valence-corrected chi connectivity index (χ1v) is 13.7. The van der Waals surface area contributed by atoms with Crippen molar-refractivity contribution < 1.29 is 4.39 Å². The average Bonchev–Trinajstić information content (AvgIpc) is 3.42. The molecule has 1 atom stereocenters. The Labute approximate surface area is 221 Å². The highest BCUT2D eigenvalue weighted by Crippen LogP contribution is 2.34. The van der Waals surface area contributed by atoms with E-state index in [-0.39, 0.29) is 17.4 Å². The summed E-state index contributed by atoms with van der Waals surface area (Å²) in [6.07, 6.45) is 5.63. The number of H-pyrrole nitrogens is 1. The van der Waals surface area contributed by atoms with Gasteiger partial charge in [-0.1, -0.05) is 43.5 Å². The number of anilines is 1. The minimum absolute atomic E-state index is 0.120. The molecule has 2 aromatic heterocycles. The number of tetrazole rings is 1. The average molecular weight is 516 g/mol. The maximum absolute atomic E-state index is 14.5. The van der Waals surface area contributed by atoms with Crippen molar-refractivity contribution in [2.75, 3.05) is 31.1 Å². The first-order chi connectivity index (χ1) is 18.5. The Kier molecular flexibility index (Phi) is 6.69. The normalized spacial score (nSPS) is 18.2. The number of nitrogens with one attached hydrogen (secondary N) is 1. The van der Waals surface area contributed by atoms with Crippen LogP contribution in [0.25, 0.3) is 10.9 Å². The van der Waals surface area contributed by atoms with E-state index in [0.717, 1.165) is 47.7 Å². The third kappa shape index (κ3) is 4.49. The lowest BCUT2D eigenvalue weighted by atomic mass is 9.94. The summed E-state index contributed by atoms with van der Waals surface area (Å²) in [5.41, 5.74) is 4.16. The van der Waals surface area contributed by atoms with Crippen LogP contribution in [-0.2, 0) is 0 Å². The van der Waals surface area contributed by atoms with Gasteiger partial charge in [0.25, 0.3) is 5.56 Å². The Balaban J connectivity index is 1.42. The lowest BCUT2D eigenvalue weighted by molar-refractivity contribution is 0.192. The van der Waals surface area contributed by atoms with E-state index < -0.39 is 6.04 Å². The van der Waals surface area contributed by atoms with E-state index in [4.69, 9.17) is 0 Å². The zero-order valence-electron chi connectivity index (χ0n) is 22.0. The van der Waals surface area contributed by atoms with Crippen LogP contribution in [0.5, 0.6) is 0 Å². The predicted molar refractivity (Wildman–Crippen MR) is 146 cm³/mol. The molecule has 0 amide bonds. The van der Waals surface area contributed by atoms with Crippen LogP contribution in [0, 0.1) is 19.7 Å². The second kappa shape index (κ2) is 10.3. The second-order valence-corrected chi connectivity index (χ2v) is 10.7. The highest BCUT2D eigenvalue weighted by Gasteiger charge is 2.35. The summed E-state index contributed by atoms with van der Waals surface area (Å²) in [4.78, 5) is 21.2. The first-order valence-electron chi connectivity index (χ1n) is 13.7. The summed E-state index contributed by atoms with van der Waals surface area (Å²) in [5, 5.41) is 14.1. The third-order valence-electron chi connectivity index (χ3n) is 8.32. The van der Waals surface area contributed by atoms with Gasteiger partial charge in [0.1, 0.15) is 11.9 Å². The number of aryl methyl sites for hydroxylation is 2. The predicted octanol–water partition coefficient (Wildman–Crippen LogP) is 4.69. The van der Waals surface area contributed by atoms with Crippen LogP contribution in [0.4, 0.5) is 10.1 Å². The highest BCUT2D eigenvalue weighted by atomic mass is 19.1. The quantitative estimate of drug-likeness (QED) is 0.415. The Morgan fingerprint density at radius 2 is 1.71 bits per heavy atom. The van der Waals surface area contributed by atoms with E-state index >= 15 is 0 Å². The smallest absolute Gasteiger partial charge is 0.253 e. The summed E-state index contributed by atoms with van der Waals surface area (Å²) >= 11 is 0. The zero-order chi connectivity index (χ0) is 26.2. The largest absolute Gasteiger partial charge is 0.367 e. The Bertz CT molecular complexity index is 1500. The number of halogens is 1. The van der Waals surface area contributed by atoms with Crippen LogP contribution in [0.2, 0.25) is 0 Å². The number of hydrogen-bond acceptors (Lipinski definition) is 6. The Hall–Kier alpha value is -3.59. The number of piperazine rings is 1. The molecule has 198 valence electrons. The number of aromatic nitrogens is 5. The van der Waals surface area contributed by atoms with E-state index in [9.17, 15) is 9.18 Å². The van der Waals surface area contributed by atoms with Gasteiger partial charge < -0.3 is 9.88 Å². The maximum atomic E-state index is 14.5. The molecule has 9 heteroatoms. The third-order valence-corrected chi connectivity index (χ3v) is 8.32. The van der Waals surface area contributed by atoms with Gasteiger partial charge in [0.05, 0.1) is 17.2 Å². The molecule has 38 heavy (non-hydrogen) atoms. The molecule has 0 spiro atoms. The molecule has 1 saturated heterocycles. The second-order valence-electron chi connectivity index (χ2n) is 10.7. The van der Waals surface area contributed by atoms with Gasteiger partial charge in [-0.05, 0) is 66.4 Å². The number of fused-ring (bicyclic) bond motifs is 1. The van der Waals surface area contributed by atoms with Crippen LogP contribution in [0.1, 0.15) is 66.7 Å². The van der Waals surface area contributed by atoms with Gasteiger partial charge in [-0.2, -0.15) is 0 Å². The molecule has 4 aromatic rings. The molecule has 0 radical (unpaired) electrons. The SMILES string of the molecule is Cc1ccc(C)c2[nH]c(=O)c([C@@H](c3nnnn3C3CCCCC3)N3CCN(c4ccccc4F)CC3)cc12. The molecule has 1 saturated carbocycles. The van der Waals surface area contributed by atoms with Crippen LogP contribution >= 0.6 is 0 Å². The van der Waals surface area contributed by atoms with Gasteiger partial charge in [0, 0.05) is 37.1 Å². The van der Waals surface area contributed by atoms with Gasteiger partial charge in [0.2, 0.25) is 0 Å². The molecule has 0 unspecified atom stereocenters. The van der Waals surface area contributed by atoms with Crippen molar-refractivity contribution >= 4 is 16.6 Å². The monoisotopic (exact) mass is 515 g/mol. The number of aromatic amines is 1. The number of benzene rings is 2. The molecule has 3 heterocycles. The van der Waals surface area contributed by atoms with Crippen molar-refractivity contribution in [3.05, 3.63) is 81.2 Å². The lowest BCUT2D eigenvalue weighted by Gasteiger charge is -2.40. The van der Waals surface area contributed by atoms with Crippen LogP contribution in [0.3, 0.4) is 0 Å². The topological polar surface area (TPSA) is 82.9 Å². The van der Waals surface area contributed by atoms with Crippen LogP contribution in [-0.4, -0.2) is 56.3 Å². The van der Waals surface area contributed by atoms with E-state index in [1.165, 1.54) is 12.5 Å². The minimum Gasteiger partial charge on any atom is -0.367 e. The Morgan fingerprint density at radius 3 is 2.47 bits per heavy atom. The summed E-state index contributed by atoms with van der Waals surface area (Å²) in [5.74, 6) is 0.502. The molecule has 1 N–H and O–H groups in total. The molecule has 1 aliphatic heterocycles. The van der Waals surface area contributed by atoms with Crippen LogP contribution < -0.4 is 10.5 Å². The van der Waals surface area contributed by atoms with Crippen molar-refractivity contribution in [2.24, 2.45) is 0 Å². The molecule has 6 rings (SSSR count). The Morgan fingerprint density at radius 1 is 0.974 bits per heavy atom. The number of nitrogens with zero attached hydrogens (tertiary/aromatic N) is 6. The van der Waals surface area contributed by atoms with E-state index in [0.29, 0.717) is 43.3 Å². The molecule has 8 nitrogen and oxygen atoms in total. The van der Waals surface area contributed by atoms with E-state index in [1.807, 2.05) is 35.9 Å². The fraction of sp³-hybridized carbons (Fsp3) is 0.448. The number of para-hydroxylation sites is 1. The molecule has 0 bridgehead atoms. The molecule has 2 aliphatic rings. The van der Waals surface area contributed by atoms with Gasteiger partial charge >= 0.3 is 0 Å². The van der Waals surface area contributed by atoms with Gasteiger partial charge in [-0.15, -0.1) is 5.10 Å². The summed E-state index contributed by atoms with van der Waals surface area (Å²) in [6.45, 7) is 6.68. The van der Waals surface area contributed by atoms with Crippen molar-refractivity contribution in [3.8, 4) is 0 Å². The van der Waals surface area contributed by atoms with Gasteiger partial charge in [-0.25, -0.2) is 9.07 Å². The molecule has 2 aromatic carbocycles. The number of hydrogen-bond donors (Lipinski definition) is 1. The summed E-state index contributed by atoms with van der Waals surface area (Å²) in [7, 11) is 0. The number of rotatable bonds is 5. The van der Waals surface area contributed by atoms with E-state index in [2.05, 4.69) is 43.3 Å². The first kappa shape index (κ1) is 24.7. The summed E-state index contributed by atoms with van der Waals surface area (Å²) < 4.78 is 16.5. The summed E-state index contributed by atoms with van der Waals surface area (Å²) in [6, 6.07) is 12.9. The van der Waals surface area contributed by atoms with Crippen LogP contribution in [0.15, 0.2) is 47.3 Å². The van der Waals surface area contributed by atoms with Crippen molar-refractivity contribution in [2.45, 2.75) is 58.0 Å². The van der Waals surface area contributed by atoms with Crippen molar-refractivity contribution in [1.82, 2.24) is 30.1 Å². The lowest BCUT2D eigenvalue weighted by Crippen LogP contribution is -2.49. The van der Waals surface area contributed by atoms with Crippen molar-refractivity contribution in [1.29, 1.82) is 0 Å². The zero-order valence-corrected chi connectivity index (χ0v) is 22.0. The van der Waals surface area contributed by atoms with E-state index in [1.54, 1.807) is 6.07 Å². The molecular formula is C29H34FN7O. The van der Waals surface area contributed by atoms with Crippen molar-refractivity contribution in [3.63, 3.8) is 0 Å². The minimum atomic E-state index is -0.400. The fourth-order valence-electron chi connectivity index (χ4n) is 6.19. The standard InChI is InChI=1S/C29H34FN7O/c1-19-12-13-20(2)26-22(19)18-23(29(38)31-26)27(28-32-33-34-37(28)21-8-4-3-5-9-21)36-16-14-35(15-17-36)25-11-7-6-10-24(25)30/h6-7,10-13,18,21,27H,3-5,8-9,14-17H2,1-2H3,(H,31,38)/t27-/m0/s1. The fourth-order valence-corrected chi connectivity index (χ4v) is 6.19. The molecule has 1 aliphatic carbocycles.